The number of aromatic nitrogens is 2. The van der Waals surface area contributed by atoms with E-state index in [1.165, 1.54) is 43.9 Å². The molecule has 0 radical (unpaired) electrons. The van der Waals surface area contributed by atoms with Crippen molar-refractivity contribution < 1.29 is 0 Å². The van der Waals surface area contributed by atoms with Crippen LogP contribution in [-0.4, -0.2) is 9.38 Å². The number of hydrogen-bond acceptors (Lipinski definition) is 1. The zero-order valence-electron chi connectivity index (χ0n) is 17.9. The Kier molecular flexibility index (Phi) is 3.88. The number of nitrogens with zero attached hydrogens (tertiary/aromatic N) is 2. The molecule has 0 saturated heterocycles. The average molecular weight is 421 g/mol. The summed E-state index contributed by atoms with van der Waals surface area (Å²) in [6.45, 7) is 0. The van der Waals surface area contributed by atoms with Crippen molar-refractivity contribution in [3.05, 3.63) is 121 Å². The summed E-state index contributed by atoms with van der Waals surface area (Å²) >= 11 is 0. The van der Waals surface area contributed by atoms with Crippen LogP contribution in [0.3, 0.4) is 0 Å². The zero-order valence-corrected chi connectivity index (χ0v) is 17.9. The van der Waals surface area contributed by atoms with Gasteiger partial charge in [-0.05, 0) is 51.9 Å². The minimum atomic E-state index is 1.00. The van der Waals surface area contributed by atoms with E-state index in [0.29, 0.717) is 0 Å². The second-order valence-electron chi connectivity index (χ2n) is 8.48. The van der Waals surface area contributed by atoms with Gasteiger partial charge in [-0.2, -0.15) is 0 Å². The normalized spacial score (nSPS) is 11.6. The van der Waals surface area contributed by atoms with Gasteiger partial charge >= 0.3 is 0 Å². The van der Waals surface area contributed by atoms with Crippen molar-refractivity contribution >= 4 is 38.4 Å². The molecule has 0 bridgehead atoms. The van der Waals surface area contributed by atoms with Gasteiger partial charge < -0.3 is 0 Å². The van der Waals surface area contributed by atoms with Crippen LogP contribution < -0.4 is 0 Å². The van der Waals surface area contributed by atoms with Crippen LogP contribution in [0.4, 0.5) is 0 Å². The zero-order chi connectivity index (χ0) is 21.8. The summed E-state index contributed by atoms with van der Waals surface area (Å²) < 4.78 is 2.33. The first-order chi connectivity index (χ1) is 16.4. The molecule has 5 aromatic carbocycles. The van der Waals surface area contributed by atoms with E-state index in [-0.39, 0.29) is 0 Å². The molecule has 0 saturated carbocycles. The number of imidazole rings is 1. The van der Waals surface area contributed by atoms with Gasteiger partial charge in [-0.15, -0.1) is 0 Å². The summed E-state index contributed by atoms with van der Waals surface area (Å²) in [6.07, 6.45) is 0. The van der Waals surface area contributed by atoms with Crippen molar-refractivity contribution in [2.24, 2.45) is 0 Å². The molecule has 0 amide bonds. The maximum atomic E-state index is 5.09. The first kappa shape index (κ1) is 18.2. The van der Waals surface area contributed by atoms with Crippen molar-refractivity contribution in [3.8, 4) is 22.3 Å². The summed E-state index contributed by atoms with van der Waals surface area (Å²) in [5.74, 6) is 0. The number of pyridine rings is 1. The van der Waals surface area contributed by atoms with Crippen LogP contribution in [0, 0.1) is 0 Å². The molecule has 0 unspecified atom stereocenters. The third kappa shape index (κ3) is 2.78. The van der Waals surface area contributed by atoms with Crippen LogP contribution in [-0.2, 0) is 0 Å². The van der Waals surface area contributed by atoms with Gasteiger partial charge in [0.2, 0.25) is 0 Å². The molecule has 2 heterocycles. The van der Waals surface area contributed by atoms with Gasteiger partial charge in [-0.3, -0.25) is 4.40 Å². The largest absolute Gasteiger partial charge is 0.292 e. The molecule has 0 aliphatic carbocycles. The highest BCUT2D eigenvalue weighted by Crippen LogP contribution is 2.36. The van der Waals surface area contributed by atoms with E-state index in [2.05, 4.69) is 126 Å². The minimum absolute atomic E-state index is 1.00. The highest BCUT2D eigenvalue weighted by molar-refractivity contribution is 6.15. The summed E-state index contributed by atoms with van der Waals surface area (Å²) in [6, 6.07) is 43.1. The van der Waals surface area contributed by atoms with Gasteiger partial charge in [-0.25, -0.2) is 4.98 Å². The van der Waals surface area contributed by atoms with E-state index in [0.717, 1.165) is 16.7 Å². The Morgan fingerprint density at radius 1 is 0.424 bits per heavy atom. The Bertz CT molecular complexity index is 1800. The van der Waals surface area contributed by atoms with E-state index in [1.807, 2.05) is 0 Å². The number of hydrogen-bond donors (Lipinski definition) is 0. The minimum Gasteiger partial charge on any atom is -0.292 e. The predicted molar refractivity (Wildman–Crippen MR) is 139 cm³/mol. The van der Waals surface area contributed by atoms with Gasteiger partial charge in [0, 0.05) is 10.8 Å². The van der Waals surface area contributed by atoms with Crippen molar-refractivity contribution in [1.29, 1.82) is 0 Å². The molecule has 2 nitrogen and oxygen atoms in total. The van der Waals surface area contributed by atoms with Crippen LogP contribution in [0.5, 0.6) is 0 Å². The van der Waals surface area contributed by atoms with Crippen molar-refractivity contribution in [2.45, 2.75) is 0 Å². The number of fused-ring (bicyclic) bond motifs is 8. The molecule has 33 heavy (non-hydrogen) atoms. The predicted octanol–water partition coefficient (Wildman–Crippen LogP) is 8.13. The number of para-hydroxylation sites is 2. The van der Waals surface area contributed by atoms with E-state index in [4.69, 9.17) is 4.98 Å². The molecule has 0 atom stereocenters. The third-order valence-corrected chi connectivity index (χ3v) is 6.56. The van der Waals surface area contributed by atoms with Crippen LogP contribution in [0.1, 0.15) is 0 Å². The first-order valence-corrected chi connectivity index (χ1v) is 11.2. The molecule has 7 rings (SSSR count). The molecule has 0 fully saturated rings. The Hall–Kier alpha value is -4.43. The van der Waals surface area contributed by atoms with E-state index < -0.39 is 0 Å². The molecule has 2 aromatic heterocycles. The van der Waals surface area contributed by atoms with Gasteiger partial charge in [0.15, 0.2) is 0 Å². The van der Waals surface area contributed by atoms with E-state index in [9.17, 15) is 0 Å². The van der Waals surface area contributed by atoms with Crippen LogP contribution in [0.2, 0.25) is 0 Å². The molecule has 2 heteroatoms. The second kappa shape index (κ2) is 7.04. The molecular weight excluding hydrogens is 400 g/mol. The SMILES string of the molecule is c1ccc(-c2ccc3c4ccc(-c5ccccc5)cc4n4c5ccccc5nc4c3c2)cc1. The lowest BCUT2D eigenvalue weighted by Crippen LogP contribution is -1.93. The fourth-order valence-corrected chi connectivity index (χ4v) is 4.98. The lowest BCUT2D eigenvalue weighted by Gasteiger charge is -2.12. The van der Waals surface area contributed by atoms with Crippen molar-refractivity contribution in [1.82, 2.24) is 9.38 Å². The van der Waals surface area contributed by atoms with Gasteiger partial charge in [0.25, 0.3) is 0 Å². The van der Waals surface area contributed by atoms with Crippen LogP contribution >= 0.6 is 0 Å². The monoisotopic (exact) mass is 420 g/mol. The Labute approximate surface area is 191 Å². The van der Waals surface area contributed by atoms with E-state index in [1.54, 1.807) is 0 Å². The Morgan fingerprint density at radius 3 is 1.76 bits per heavy atom. The van der Waals surface area contributed by atoms with Gasteiger partial charge in [0.1, 0.15) is 5.65 Å². The Morgan fingerprint density at radius 2 is 1.03 bits per heavy atom. The fourth-order valence-electron chi connectivity index (χ4n) is 4.98. The van der Waals surface area contributed by atoms with Gasteiger partial charge in [0.05, 0.1) is 16.6 Å². The number of benzene rings is 5. The molecule has 0 N–H and O–H groups in total. The lowest BCUT2D eigenvalue weighted by atomic mass is 9.97. The highest BCUT2D eigenvalue weighted by atomic mass is 15.0. The maximum absolute atomic E-state index is 5.09. The van der Waals surface area contributed by atoms with Gasteiger partial charge in [-0.1, -0.05) is 97.1 Å². The highest BCUT2D eigenvalue weighted by Gasteiger charge is 2.15. The van der Waals surface area contributed by atoms with Crippen molar-refractivity contribution in [2.75, 3.05) is 0 Å². The average Bonchev–Trinajstić information content (AvgIpc) is 3.29. The fraction of sp³-hybridized carbons (Fsp3) is 0. The molecule has 0 aliphatic heterocycles. The molecule has 0 spiro atoms. The van der Waals surface area contributed by atoms with E-state index >= 15 is 0 Å². The topological polar surface area (TPSA) is 17.3 Å². The Balaban J connectivity index is 1.64. The summed E-state index contributed by atoms with van der Waals surface area (Å²) in [5.41, 5.74) is 9.18. The number of rotatable bonds is 2. The third-order valence-electron chi connectivity index (χ3n) is 6.56. The lowest BCUT2D eigenvalue weighted by molar-refractivity contribution is 1.31. The molecule has 7 aromatic rings. The quantitative estimate of drug-likeness (QED) is 0.258. The standard InChI is InChI=1S/C31H20N2/c1-3-9-21(10-4-1)23-15-17-25-26-18-16-24(22-11-5-2-6-12-22)20-30(26)33-29-14-8-7-13-28(29)32-31(33)27(25)19-23/h1-20H. The summed E-state index contributed by atoms with van der Waals surface area (Å²) in [4.78, 5) is 5.09. The van der Waals surface area contributed by atoms with Crippen molar-refractivity contribution in [3.63, 3.8) is 0 Å². The smallest absolute Gasteiger partial charge is 0.146 e. The molecule has 0 aliphatic rings. The second-order valence-corrected chi connectivity index (χ2v) is 8.48. The maximum Gasteiger partial charge on any atom is 0.146 e. The van der Waals surface area contributed by atoms with Crippen LogP contribution in [0.15, 0.2) is 121 Å². The first-order valence-electron chi connectivity index (χ1n) is 11.2. The summed E-state index contributed by atoms with van der Waals surface area (Å²) in [7, 11) is 0. The van der Waals surface area contributed by atoms with Crippen LogP contribution in [0.25, 0.3) is 60.6 Å². The molecule has 154 valence electrons. The molecular formula is C31H20N2. The summed E-state index contributed by atoms with van der Waals surface area (Å²) in [5, 5.41) is 3.64.